The third-order valence-electron chi connectivity index (χ3n) is 8.23. The minimum atomic E-state index is -0.806. The Balaban J connectivity index is 1.57. The normalized spacial score (nSPS) is 27.9. The van der Waals surface area contributed by atoms with Gasteiger partial charge in [0.1, 0.15) is 6.04 Å². The number of aliphatic hydroxyl groups excluding tert-OH is 1. The summed E-state index contributed by atoms with van der Waals surface area (Å²) in [4.78, 5) is 48.1. The van der Waals surface area contributed by atoms with Gasteiger partial charge in [0.15, 0.2) is 0 Å². The number of likely N-dealkylation sites (tertiary alicyclic amines) is 1. The highest BCUT2D eigenvalue weighted by Crippen LogP contribution is 2.68. The van der Waals surface area contributed by atoms with Crippen molar-refractivity contribution in [3.63, 3.8) is 0 Å². The van der Waals surface area contributed by atoms with Gasteiger partial charge in [0.05, 0.1) is 16.6 Å². The molecule has 1 spiro atoms. The lowest BCUT2D eigenvalue weighted by atomic mass is 9.70. The number of carbonyl (C=O) groups excluding carboxylic acids is 3. The molecule has 0 radical (unpaired) electrons. The van der Waals surface area contributed by atoms with E-state index in [1.54, 1.807) is 62.9 Å². The Morgan fingerprint density at radius 2 is 1.66 bits per heavy atom. The van der Waals surface area contributed by atoms with Crippen molar-refractivity contribution in [2.24, 2.45) is 11.8 Å². The predicted molar refractivity (Wildman–Crippen MR) is 169 cm³/mol. The van der Waals surface area contributed by atoms with Gasteiger partial charge >= 0.3 is 0 Å². The Hall–Kier alpha value is -2.59. The second-order valence-electron chi connectivity index (χ2n) is 10.6. The van der Waals surface area contributed by atoms with Crippen LogP contribution in [0.1, 0.15) is 12.8 Å². The first-order chi connectivity index (χ1) is 19.8. The molecule has 0 aliphatic carbocycles. The minimum absolute atomic E-state index is 0.0525. The molecule has 1 N–H and O–H groups in total. The Morgan fingerprint density at radius 1 is 1.05 bits per heavy atom. The second-order valence-corrected chi connectivity index (χ2v) is 13.7. The van der Waals surface area contributed by atoms with E-state index in [0.29, 0.717) is 30.1 Å². The molecule has 2 aromatic rings. The zero-order valence-corrected chi connectivity index (χ0v) is 25.7. The molecule has 3 aliphatic rings. The van der Waals surface area contributed by atoms with E-state index in [2.05, 4.69) is 29.1 Å². The van der Waals surface area contributed by atoms with Crippen molar-refractivity contribution in [1.29, 1.82) is 0 Å². The smallest absolute Gasteiger partial charge is 0.251 e. The van der Waals surface area contributed by atoms with Crippen LogP contribution in [-0.2, 0) is 14.4 Å². The van der Waals surface area contributed by atoms with E-state index < -0.39 is 22.6 Å². The van der Waals surface area contributed by atoms with Gasteiger partial charge in [-0.3, -0.25) is 14.4 Å². The number of benzene rings is 2. The van der Waals surface area contributed by atoms with E-state index in [1.165, 1.54) is 0 Å². The highest BCUT2D eigenvalue weighted by molar-refractivity contribution is 9.09. The largest absolute Gasteiger partial charge is 0.396 e. The number of anilines is 2. The molecule has 3 amide bonds. The molecular formula is C31H33BrClN3O4S. The Bertz CT molecular complexity index is 1330. The monoisotopic (exact) mass is 657 g/mol. The summed E-state index contributed by atoms with van der Waals surface area (Å²) in [6, 6.07) is 15.6. The third kappa shape index (κ3) is 5.15. The van der Waals surface area contributed by atoms with Crippen LogP contribution in [0.25, 0.3) is 0 Å². The van der Waals surface area contributed by atoms with Gasteiger partial charge in [-0.25, -0.2) is 0 Å². The number of thioether (sulfide) groups is 1. The third-order valence-corrected chi connectivity index (χ3v) is 11.7. The first kappa shape index (κ1) is 29.9. The molecule has 3 fully saturated rings. The molecule has 2 aromatic carbocycles. The topological polar surface area (TPSA) is 81.2 Å². The molecule has 0 aromatic heterocycles. The Kier molecular flexibility index (Phi) is 8.99. The van der Waals surface area contributed by atoms with Crippen LogP contribution in [0.4, 0.5) is 11.4 Å². The maximum atomic E-state index is 14.6. The number of hydrogen-bond acceptors (Lipinski definition) is 5. The van der Waals surface area contributed by atoms with E-state index in [-0.39, 0.29) is 47.5 Å². The second kappa shape index (κ2) is 12.3. The lowest BCUT2D eigenvalue weighted by Crippen LogP contribution is -2.56. The fraction of sp³-hybridized carbons (Fsp3) is 0.387. The molecule has 3 aliphatic heterocycles. The molecule has 7 nitrogen and oxygen atoms in total. The molecule has 3 unspecified atom stereocenters. The molecule has 3 heterocycles. The number of halogens is 2. The summed E-state index contributed by atoms with van der Waals surface area (Å²) in [6.45, 7) is 8.37. The van der Waals surface area contributed by atoms with E-state index in [9.17, 15) is 19.5 Å². The van der Waals surface area contributed by atoms with Gasteiger partial charge in [-0.1, -0.05) is 57.9 Å². The Morgan fingerprint density at radius 3 is 2.27 bits per heavy atom. The standard InChI is InChI=1S/C31H33BrClN3O4S/c1-3-15-34(21-9-6-5-7-10-21)28(38)24-25-29(39)36(17-8-18-37)27(31(25)19-23(32)26(24)41-31)30(40)35(16-4-2)22-13-11-20(33)12-14-22/h3-7,9-14,23-27,37H,1-2,8,15-19H2/t23?,24-,25+,26-,27?,31?/m1/s1. The quantitative estimate of drug-likeness (QED) is 0.274. The highest BCUT2D eigenvalue weighted by atomic mass is 79.9. The Labute approximate surface area is 258 Å². The number of aliphatic hydroxyl groups is 1. The summed E-state index contributed by atoms with van der Waals surface area (Å²) in [6.07, 6.45) is 4.24. The summed E-state index contributed by atoms with van der Waals surface area (Å²) in [5, 5.41) is 10.0. The lowest BCUT2D eigenvalue weighted by molar-refractivity contribution is -0.139. The zero-order valence-electron chi connectivity index (χ0n) is 22.6. The number of hydrogen-bond donors (Lipinski definition) is 1. The van der Waals surface area contributed by atoms with Gasteiger partial charge < -0.3 is 19.8 Å². The molecule has 10 heteroatoms. The average molecular weight is 659 g/mol. The summed E-state index contributed by atoms with van der Waals surface area (Å²) >= 11 is 11.6. The summed E-state index contributed by atoms with van der Waals surface area (Å²) < 4.78 is -0.800. The molecular weight excluding hydrogens is 626 g/mol. The first-order valence-electron chi connectivity index (χ1n) is 13.7. The molecule has 2 bridgehead atoms. The molecule has 6 atom stereocenters. The van der Waals surface area contributed by atoms with Crippen LogP contribution in [0.15, 0.2) is 79.9 Å². The number of rotatable bonds is 11. The fourth-order valence-corrected chi connectivity index (χ4v) is 10.4. The van der Waals surface area contributed by atoms with Gasteiger partial charge in [0.2, 0.25) is 11.8 Å². The van der Waals surface area contributed by atoms with Gasteiger partial charge in [-0.2, -0.15) is 0 Å². The van der Waals surface area contributed by atoms with Crippen LogP contribution in [0.5, 0.6) is 0 Å². The number of alkyl halides is 1. The molecule has 0 saturated carbocycles. The summed E-state index contributed by atoms with van der Waals surface area (Å²) in [5.74, 6) is -1.87. The van der Waals surface area contributed by atoms with Gasteiger partial charge in [0, 0.05) is 52.7 Å². The van der Waals surface area contributed by atoms with Gasteiger partial charge in [0.25, 0.3) is 5.91 Å². The number of amides is 3. The first-order valence-corrected chi connectivity index (χ1v) is 15.8. The maximum Gasteiger partial charge on any atom is 0.251 e. The highest BCUT2D eigenvalue weighted by Gasteiger charge is 2.76. The van der Waals surface area contributed by atoms with Crippen molar-refractivity contribution in [2.45, 2.75) is 33.7 Å². The maximum absolute atomic E-state index is 14.6. The van der Waals surface area contributed by atoms with E-state index in [0.717, 1.165) is 5.69 Å². The van der Waals surface area contributed by atoms with Crippen molar-refractivity contribution in [1.82, 2.24) is 4.90 Å². The number of fused-ring (bicyclic) bond motifs is 1. The van der Waals surface area contributed by atoms with Crippen molar-refractivity contribution in [3.8, 4) is 0 Å². The molecule has 41 heavy (non-hydrogen) atoms. The van der Waals surface area contributed by atoms with E-state index in [4.69, 9.17) is 11.6 Å². The van der Waals surface area contributed by atoms with E-state index in [1.807, 2.05) is 30.3 Å². The van der Waals surface area contributed by atoms with Crippen molar-refractivity contribution >= 4 is 68.4 Å². The number of carbonyl (C=O) groups is 3. The van der Waals surface area contributed by atoms with Crippen LogP contribution in [0.2, 0.25) is 5.02 Å². The zero-order chi connectivity index (χ0) is 29.3. The minimum Gasteiger partial charge on any atom is -0.396 e. The van der Waals surface area contributed by atoms with Crippen molar-refractivity contribution in [3.05, 3.63) is 84.9 Å². The number of para-hydroxylation sites is 1. The molecule has 216 valence electrons. The molecule has 5 rings (SSSR count). The van der Waals surface area contributed by atoms with E-state index >= 15 is 0 Å². The SMILES string of the molecule is C=CCN(C(=O)C1N(CCCO)C(=O)[C@@H]2[C@@H](C(=O)N(CC=C)c3ccccc3)[C@@H]3SC12CC3Br)c1ccc(Cl)cc1. The van der Waals surface area contributed by atoms with Crippen molar-refractivity contribution < 1.29 is 19.5 Å². The predicted octanol–water partition coefficient (Wildman–Crippen LogP) is 4.93. The fourth-order valence-electron chi connectivity index (χ4n) is 6.63. The van der Waals surface area contributed by atoms with Gasteiger partial charge in [-0.15, -0.1) is 24.9 Å². The average Bonchev–Trinajstić information content (AvgIpc) is 3.57. The lowest BCUT2D eigenvalue weighted by Gasteiger charge is -2.38. The van der Waals surface area contributed by atoms with Crippen molar-refractivity contribution in [2.75, 3.05) is 36.0 Å². The van der Waals surface area contributed by atoms with Crippen LogP contribution < -0.4 is 9.80 Å². The van der Waals surface area contributed by atoms with Crippen LogP contribution in [0.3, 0.4) is 0 Å². The molecule has 3 saturated heterocycles. The van der Waals surface area contributed by atoms with Gasteiger partial charge in [-0.05, 0) is 49.2 Å². The van der Waals surface area contributed by atoms with Crippen LogP contribution in [-0.4, -0.2) is 74.8 Å². The summed E-state index contributed by atoms with van der Waals surface area (Å²) in [7, 11) is 0. The van der Waals surface area contributed by atoms with Crippen LogP contribution in [0, 0.1) is 11.8 Å². The van der Waals surface area contributed by atoms with Crippen LogP contribution >= 0.6 is 39.3 Å². The number of nitrogens with zero attached hydrogens (tertiary/aromatic N) is 3. The summed E-state index contributed by atoms with van der Waals surface area (Å²) in [5.41, 5.74) is 1.39.